The Morgan fingerprint density at radius 1 is 1.16 bits per heavy atom. The molecule has 102 valence electrons. The van der Waals surface area contributed by atoms with E-state index in [-0.39, 0.29) is 0 Å². The zero-order valence-corrected chi connectivity index (χ0v) is 12.6. The van der Waals surface area contributed by atoms with Gasteiger partial charge in [0, 0.05) is 6.42 Å². The van der Waals surface area contributed by atoms with Crippen LogP contribution in [-0.4, -0.2) is 10.2 Å². The first-order valence-electron chi connectivity index (χ1n) is 6.83. The highest BCUT2D eigenvalue weighted by atomic mass is 32.1. The van der Waals surface area contributed by atoms with Crippen LogP contribution in [0.3, 0.4) is 0 Å². The first-order valence-corrected chi connectivity index (χ1v) is 7.64. The summed E-state index contributed by atoms with van der Waals surface area (Å²) in [5.41, 5.74) is 1.30. The molecular weight excluding hydrogens is 254 g/mol. The first-order chi connectivity index (χ1) is 9.19. The second-order valence-corrected chi connectivity index (χ2v) is 6.18. The molecule has 1 heterocycles. The summed E-state index contributed by atoms with van der Waals surface area (Å²) < 4.78 is 0. The highest BCUT2D eigenvalue weighted by molar-refractivity contribution is 7.15. The fourth-order valence-corrected chi connectivity index (χ4v) is 3.00. The molecule has 3 nitrogen and oxygen atoms in total. The topological polar surface area (TPSA) is 37.8 Å². The Bertz CT molecular complexity index is 493. The summed E-state index contributed by atoms with van der Waals surface area (Å²) in [4.78, 5) is 0. The van der Waals surface area contributed by atoms with Crippen molar-refractivity contribution in [1.29, 1.82) is 0 Å². The Balaban J connectivity index is 2.04. The van der Waals surface area contributed by atoms with Gasteiger partial charge in [-0.2, -0.15) is 0 Å². The highest BCUT2D eigenvalue weighted by Crippen LogP contribution is 2.25. The van der Waals surface area contributed by atoms with Gasteiger partial charge in [0.1, 0.15) is 5.01 Å². The molecule has 1 atom stereocenters. The Kier molecular flexibility index (Phi) is 4.91. The zero-order chi connectivity index (χ0) is 13.7. The summed E-state index contributed by atoms with van der Waals surface area (Å²) in [5.74, 6) is 0.622. The van der Waals surface area contributed by atoms with Crippen molar-refractivity contribution < 1.29 is 0 Å². The largest absolute Gasteiger partial charge is 0.353 e. The maximum Gasteiger partial charge on any atom is 0.206 e. The normalized spacial score (nSPS) is 12.6. The van der Waals surface area contributed by atoms with Gasteiger partial charge in [-0.1, -0.05) is 62.4 Å². The van der Waals surface area contributed by atoms with E-state index in [0.29, 0.717) is 12.0 Å². The molecular formula is C15H21N3S. The van der Waals surface area contributed by atoms with Crippen molar-refractivity contribution in [3.05, 3.63) is 40.9 Å². The molecule has 0 radical (unpaired) electrons. The zero-order valence-electron chi connectivity index (χ0n) is 11.8. The standard InChI is InChI=1S/C15H21N3S/c1-4-13(12-8-6-5-7-9-12)16-15-18-17-14(19-15)10-11(2)3/h5-9,11,13H,4,10H2,1-3H3,(H,16,18). The highest BCUT2D eigenvalue weighted by Gasteiger charge is 2.12. The average Bonchev–Trinajstić information content (AvgIpc) is 2.83. The van der Waals surface area contributed by atoms with Gasteiger partial charge in [0.05, 0.1) is 6.04 Å². The molecule has 1 aromatic carbocycles. The van der Waals surface area contributed by atoms with Gasteiger partial charge in [-0.25, -0.2) is 0 Å². The van der Waals surface area contributed by atoms with Crippen molar-refractivity contribution in [1.82, 2.24) is 10.2 Å². The third-order valence-corrected chi connectivity index (χ3v) is 3.83. The molecule has 0 aliphatic carbocycles. The quantitative estimate of drug-likeness (QED) is 0.854. The number of benzene rings is 1. The van der Waals surface area contributed by atoms with Crippen LogP contribution < -0.4 is 5.32 Å². The van der Waals surface area contributed by atoms with Crippen LogP contribution >= 0.6 is 11.3 Å². The van der Waals surface area contributed by atoms with Gasteiger partial charge in [-0.05, 0) is 17.9 Å². The molecule has 0 aliphatic heterocycles. The second-order valence-electron chi connectivity index (χ2n) is 5.11. The molecule has 0 saturated heterocycles. The number of hydrogen-bond donors (Lipinski definition) is 1. The number of rotatable bonds is 6. The molecule has 19 heavy (non-hydrogen) atoms. The molecule has 1 aromatic heterocycles. The van der Waals surface area contributed by atoms with E-state index in [2.05, 4.69) is 60.6 Å². The van der Waals surface area contributed by atoms with Crippen molar-refractivity contribution in [3.63, 3.8) is 0 Å². The Hall–Kier alpha value is -1.42. The third-order valence-electron chi connectivity index (χ3n) is 2.96. The van der Waals surface area contributed by atoms with Gasteiger partial charge in [-0.3, -0.25) is 0 Å². The Morgan fingerprint density at radius 3 is 2.53 bits per heavy atom. The van der Waals surface area contributed by atoms with Crippen molar-refractivity contribution in [2.75, 3.05) is 5.32 Å². The molecule has 0 bridgehead atoms. The minimum absolute atomic E-state index is 0.307. The molecule has 4 heteroatoms. The van der Waals surface area contributed by atoms with Crippen molar-refractivity contribution in [2.45, 2.75) is 39.7 Å². The molecule has 2 rings (SSSR count). The first kappa shape index (κ1) is 14.0. The fourth-order valence-electron chi connectivity index (χ4n) is 2.00. The summed E-state index contributed by atoms with van der Waals surface area (Å²) in [7, 11) is 0. The molecule has 2 aromatic rings. The van der Waals surface area contributed by atoms with Gasteiger partial charge in [0.2, 0.25) is 5.13 Å². The van der Waals surface area contributed by atoms with E-state index in [1.165, 1.54) is 5.56 Å². The lowest BCUT2D eigenvalue weighted by atomic mass is 10.1. The minimum Gasteiger partial charge on any atom is -0.353 e. The lowest BCUT2D eigenvalue weighted by Gasteiger charge is -2.16. The molecule has 0 saturated carbocycles. The van der Waals surface area contributed by atoms with Gasteiger partial charge < -0.3 is 5.32 Å². The lowest BCUT2D eigenvalue weighted by Crippen LogP contribution is -2.09. The van der Waals surface area contributed by atoms with Gasteiger partial charge in [-0.15, -0.1) is 10.2 Å². The molecule has 0 spiro atoms. The SMILES string of the molecule is CCC(Nc1nnc(CC(C)C)s1)c1ccccc1. The summed E-state index contributed by atoms with van der Waals surface area (Å²) in [6.45, 7) is 6.58. The van der Waals surface area contributed by atoms with Gasteiger partial charge in [0.15, 0.2) is 0 Å². The number of nitrogens with one attached hydrogen (secondary N) is 1. The number of nitrogens with zero attached hydrogens (tertiary/aromatic N) is 2. The van der Waals surface area contributed by atoms with Gasteiger partial charge >= 0.3 is 0 Å². The predicted octanol–water partition coefficient (Wildman–Crippen LogP) is 4.30. The Morgan fingerprint density at radius 2 is 1.89 bits per heavy atom. The van der Waals surface area contributed by atoms with E-state index in [4.69, 9.17) is 0 Å². The predicted molar refractivity (Wildman–Crippen MR) is 81.5 cm³/mol. The van der Waals surface area contributed by atoms with Crippen molar-refractivity contribution in [3.8, 4) is 0 Å². The molecule has 0 aliphatic rings. The summed E-state index contributed by atoms with van der Waals surface area (Å²) in [6, 6.07) is 10.8. The van der Waals surface area contributed by atoms with Crippen LogP contribution in [-0.2, 0) is 6.42 Å². The summed E-state index contributed by atoms with van der Waals surface area (Å²) in [5, 5.41) is 14.0. The van der Waals surface area contributed by atoms with E-state index in [1.54, 1.807) is 11.3 Å². The Labute approximate surface area is 119 Å². The van der Waals surface area contributed by atoms with Crippen LogP contribution in [0.5, 0.6) is 0 Å². The van der Waals surface area contributed by atoms with E-state index in [9.17, 15) is 0 Å². The molecule has 1 N–H and O–H groups in total. The summed E-state index contributed by atoms with van der Waals surface area (Å²) in [6.07, 6.45) is 2.03. The smallest absolute Gasteiger partial charge is 0.206 e. The van der Waals surface area contributed by atoms with E-state index in [1.807, 2.05) is 6.07 Å². The van der Waals surface area contributed by atoms with Crippen molar-refractivity contribution >= 4 is 16.5 Å². The second kappa shape index (κ2) is 6.66. The fraction of sp³-hybridized carbons (Fsp3) is 0.467. The van der Waals surface area contributed by atoms with Crippen LogP contribution in [0.15, 0.2) is 30.3 Å². The van der Waals surface area contributed by atoms with E-state index < -0.39 is 0 Å². The van der Waals surface area contributed by atoms with Crippen LogP contribution in [0.4, 0.5) is 5.13 Å². The lowest BCUT2D eigenvalue weighted by molar-refractivity contribution is 0.639. The maximum atomic E-state index is 4.24. The van der Waals surface area contributed by atoms with Crippen LogP contribution in [0.2, 0.25) is 0 Å². The summed E-state index contributed by atoms with van der Waals surface area (Å²) >= 11 is 1.67. The van der Waals surface area contributed by atoms with E-state index in [0.717, 1.165) is 23.0 Å². The maximum absolute atomic E-state index is 4.24. The van der Waals surface area contributed by atoms with Crippen LogP contribution in [0, 0.1) is 5.92 Å². The number of anilines is 1. The van der Waals surface area contributed by atoms with E-state index >= 15 is 0 Å². The monoisotopic (exact) mass is 275 g/mol. The van der Waals surface area contributed by atoms with Crippen LogP contribution in [0.1, 0.15) is 43.8 Å². The van der Waals surface area contributed by atoms with Crippen LogP contribution in [0.25, 0.3) is 0 Å². The number of hydrogen-bond acceptors (Lipinski definition) is 4. The molecule has 0 amide bonds. The van der Waals surface area contributed by atoms with Crippen molar-refractivity contribution in [2.24, 2.45) is 5.92 Å². The number of aromatic nitrogens is 2. The molecule has 1 unspecified atom stereocenters. The van der Waals surface area contributed by atoms with Gasteiger partial charge in [0.25, 0.3) is 0 Å². The average molecular weight is 275 g/mol. The molecule has 0 fully saturated rings. The minimum atomic E-state index is 0.307. The third kappa shape index (κ3) is 4.03.